The van der Waals surface area contributed by atoms with Crippen molar-refractivity contribution < 1.29 is 17.9 Å². The number of nitrogens with zero attached hydrogens (tertiary/aromatic N) is 3. The number of rotatable bonds is 7. The molecule has 0 bridgehead atoms. The van der Waals surface area contributed by atoms with Gasteiger partial charge in [0.2, 0.25) is 0 Å². The highest BCUT2D eigenvalue weighted by Gasteiger charge is 2.41. The topological polar surface area (TPSA) is 128 Å². The van der Waals surface area contributed by atoms with Gasteiger partial charge < -0.3 is 15.4 Å². The highest BCUT2D eigenvalue weighted by Crippen LogP contribution is 2.39. The SMILES string of the molecule is CCOc1ccc(-c2ccc(C(=O)NS(=O)(=O)c3cccnc3N)c(N3CCC(C)C3(C)C)n2)cc1C. The summed E-state index contributed by atoms with van der Waals surface area (Å²) in [6.45, 7) is 11.5. The third kappa shape index (κ3) is 5.11. The molecule has 1 unspecified atom stereocenters. The Hall–Kier alpha value is -3.66. The molecule has 1 atom stereocenters. The summed E-state index contributed by atoms with van der Waals surface area (Å²) in [4.78, 5) is 24.0. The van der Waals surface area contributed by atoms with Crippen molar-refractivity contribution in [3.8, 4) is 17.0 Å². The number of pyridine rings is 2. The third-order valence-corrected chi connectivity index (χ3v) is 8.53. The molecule has 0 aliphatic carbocycles. The van der Waals surface area contributed by atoms with Gasteiger partial charge >= 0.3 is 0 Å². The van der Waals surface area contributed by atoms with Crippen LogP contribution in [0.25, 0.3) is 11.3 Å². The molecule has 3 heterocycles. The van der Waals surface area contributed by atoms with Gasteiger partial charge in [0.25, 0.3) is 15.9 Å². The van der Waals surface area contributed by atoms with E-state index < -0.39 is 15.9 Å². The maximum atomic E-state index is 13.4. The van der Waals surface area contributed by atoms with Crippen molar-refractivity contribution in [3.63, 3.8) is 0 Å². The zero-order chi connectivity index (χ0) is 27.0. The molecular weight excluding hydrogens is 490 g/mol. The van der Waals surface area contributed by atoms with Crippen molar-refractivity contribution in [2.45, 2.75) is 51.5 Å². The van der Waals surface area contributed by atoms with Crippen LogP contribution in [0, 0.1) is 12.8 Å². The first kappa shape index (κ1) is 26.4. The second-order valence-corrected chi connectivity index (χ2v) is 11.4. The van der Waals surface area contributed by atoms with Gasteiger partial charge in [-0.1, -0.05) is 6.92 Å². The summed E-state index contributed by atoms with van der Waals surface area (Å²) in [5.74, 6) is 0.620. The number of carbonyl (C=O) groups is 1. The fourth-order valence-electron chi connectivity index (χ4n) is 4.59. The van der Waals surface area contributed by atoms with Gasteiger partial charge in [0, 0.05) is 23.8 Å². The van der Waals surface area contributed by atoms with Crippen LogP contribution in [0.5, 0.6) is 5.75 Å². The van der Waals surface area contributed by atoms with Gasteiger partial charge in [-0.15, -0.1) is 0 Å². The molecule has 196 valence electrons. The molecule has 1 saturated heterocycles. The first-order valence-corrected chi connectivity index (χ1v) is 13.7. The standard InChI is InChI=1S/C27H33N5O4S/c1-6-36-22-12-9-19(16-17(22)2)21-11-10-20(25(30-21)32-15-13-18(3)27(32,4)5)26(33)31-37(34,35)23-8-7-14-29-24(23)28/h7-12,14,16,18H,6,13,15H2,1-5H3,(H2,28,29)(H,31,33). The number of nitrogens with two attached hydrogens (primary N) is 1. The molecule has 0 saturated carbocycles. The second kappa shape index (κ2) is 10.0. The Morgan fingerprint density at radius 3 is 2.62 bits per heavy atom. The average molecular weight is 524 g/mol. The fraction of sp³-hybridized carbons (Fsp3) is 0.370. The van der Waals surface area contributed by atoms with Crippen molar-refractivity contribution in [3.05, 3.63) is 59.8 Å². The number of anilines is 2. The van der Waals surface area contributed by atoms with E-state index in [4.69, 9.17) is 15.5 Å². The molecule has 1 aromatic carbocycles. The molecule has 37 heavy (non-hydrogen) atoms. The number of amides is 1. The first-order chi connectivity index (χ1) is 17.5. The normalized spacial score (nSPS) is 17.0. The van der Waals surface area contributed by atoms with E-state index in [0.717, 1.165) is 23.3 Å². The van der Waals surface area contributed by atoms with E-state index in [-0.39, 0.29) is 21.8 Å². The van der Waals surface area contributed by atoms with E-state index >= 15 is 0 Å². The number of sulfonamides is 1. The van der Waals surface area contributed by atoms with E-state index in [0.29, 0.717) is 30.6 Å². The minimum absolute atomic E-state index is 0.166. The Labute approximate surface area is 218 Å². The van der Waals surface area contributed by atoms with Gasteiger partial charge in [-0.25, -0.2) is 23.1 Å². The van der Waals surface area contributed by atoms with Crippen LogP contribution < -0.4 is 20.1 Å². The van der Waals surface area contributed by atoms with E-state index in [1.165, 1.54) is 18.3 Å². The highest BCUT2D eigenvalue weighted by molar-refractivity contribution is 7.90. The molecule has 10 heteroatoms. The summed E-state index contributed by atoms with van der Waals surface area (Å²) >= 11 is 0. The van der Waals surface area contributed by atoms with Gasteiger partial charge in [-0.05, 0) is 88.1 Å². The number of ether oxygens (including phenoxy) is 1. The monoisotopic (exact) mass is 523 g/mol. The molecular formula is C27H33N5O4S. The number of aromatic nitrogens is 2. The zero-order valence-corrected chi connectivity index (χ0v) is 22.6. The lowest BCUT2D eigenvalue weighted by Crippen LogP contribution is -2.43. The number of nitrogen functional groups attached to an aromatic ring is 1. The van der Waals surface area contributed by atoms with E-state index in [2.05, 4.69) is 35.4 Å². The van der Waals surface area contributed by atoms with Gasteiger partial charge in [0.15, 0.2) is 0 Å². The van der Waals surface area contributed by atoms with E-state index in [9.17, 15) is 13.2 Å². The predicted molar refractivity (Wildman–Crippen MR) is 144 cm³/mol. The lowest BCUT2D eigenvalue weighted by molar-refractivity contribution is 0.0981. The average Bonchev–Trinajstić information content (AvgIpc) is 3.11. The molecule has 4 rings (SSSR count). The number of carbonyl (C=O) groups excluding carboxylic acids is 1. The number of nitrogens with one attached hydrogen (secondary N) is 1. The van der Waals surface area contributed by atoms with Crippen molar-refractivity contribution in [1.29, 1.82) is 0 Å². The highest BCUT2D eigenvalue weighted by atomic mass is 32.2. The quantitative estimate of drug-likeness (QED) is 0.472. The molecule has 9 nitrogen and oxygen atoms in total. The summed E-state index contributed by atoms with van der Waals surface area (Å²) in [6.07, 6.45) is 2.31. The lowest BCUT2D eigenvalue weighted by Gasteiger charge is -2.36. The number of benzene rings is 1. The van der Waals surface area contributed by atoms with Gasteiger partial charge in [0.05, 0.1) is 17.9 Å². The predicted octanol–water partition coefficient (Wildman–Crippen LogP) is 4.18. The van der Waals surface area contributed by atoms with Gasteiger partial charge in [-0.2, -0.15) is 0 Å². The maximum absolute atomic E-state index is 13.4. The van der Waals surface area contributed by atoms with Gasteiger partial charge in [0.1, 0.15) is 22.3 Å². The summed E-state index contributed by atoms with van der Waals surface area (Å²) < 4.78 is 33.7. The third-order valence-electron chi connectivity index (χ3n) is 7.15. The van der Waals surface area contributed by atoms with Crippen molar-refractivity contribution >= 4 is 27.6 Å². The Bertz CT molecular complexity index is 1440. The van der Waals surface area contributed by atoms with Crippen LogP contribution in [-0.4, -0.2) is 43.0 Å². The molecule has 2 aromatic heterocycles. The Balaban J connectivity index is 1.77. The van der Waals surface area contributed by atoms with Gasteiger partial charge in [-0.3, -0.25) is 4.79 Å². The molecule has 1 amide bonds. The van der Waals surface area contributed by atoms with Crippen LogP contribution in [0.1, 0.15) is 50.0 Å². The molecule has 1 aliphatic rings. The number of aryl methyl sites for hydroxylation is 1. The fourth-order valence-corrected chi connectivity index (χ4v) is 5.64. The minimum Gasteiger partial charge on any atom is -0.494 e. The minimum atomic E-state index is -4.24. The first-order valence-electron chi connectivity index (χ1n) is 12.3. The molecule has 0 radical (unpaired) electrons. The summed E-state index contributed by atoms with van der Waals surface area (Å²) in [7, 11) is -4.24. The smallest absolute Gasteiger partial charge is 0.268 e. The Morgan fingerprint density at radius 1 is 1.24 bits per heavy atom. The van der Waals surface area contributed by atoms with Crippen molar-refractivity contribution in [2.24, 2.45) is 5.92 Å². The summed E-state index contributed by atoms with van der Waals surface area (Å²) in [5, 5.41) is 0. The summed E-state index contributed by atoms with van der Waals surface area (Å²) in [5.41, 5.74) is 8.15. The van der Waals surface area contributed by atoms with Crippen molar-refractivity contribution in [1.82, 2.24) is 14.7 Å². The van der Waals surface area contributed by atoms with Crippen LogP contribution >= 0.6 is 0 Å². The largest absolute Gasteiger partial charge is 0.494 e. The Morgan fingerprint density at radius 2 is 2.00 bits per heavy atom. The van der Waals surface area contributed by atoms with Crippen LogP contribution in [0.15, 0.2) is 53.6 Å². The van der Waals surface area contributed by atoms with Crippen LogP contribution in [0.3, 0.4) is 0 Å². The summed E-state index contributed by atoms with van der Waals surface area (Å²) in [6, 6.07) is 11.9. The van der Waals surface area contributed by atoms with Crippen LogP contribution in [-0.2, 0) is 10.0 Å². The second-order valence-electron chi connectivity index (χ2n) is 9.80. The molecule has 0 spiro atoms. The zero-order valence-electron chi connectivity index (χ0n) is 21.8. The molecule has 3 aromatic rings. The van der Waals surface area contributed by atoms with E-state index in [1.807, 2.05) is 32.0 Å². The maximum Gasteiger partial charge on any atom is 0.268 e. The van der Waals surface area contributed by atoms with Crippen LogP contribution in [0.4, 0.5) is 11.6 Å². The molecule has 1 aliphatic heterocycles. The number of hydrogen-bond acceptors (Lipinski definition) is 8. The van der Waals surface area contributed by atoms with Crippen molar-refractivity contribution in [2.75, 3.05) is 23.8 Å². The number of hydrogen-bond donors (Lipinski definition) is 2. The molecule has 1 fully saturated rings. The van der Waals surface area contributed by atoms with E-state index in [1.54, 1.807) is 12.1 Å². The molecule has 3 N–H and O–H groups in total. The van der Waals surface area contributed by atoms with Crippen LogP contribution in [0.2, 0.25) is 0 Å². The Kier molecular flexibility index (Phi) is 7.14. The lowest BCUT2D eigenvalue weighted by atomic mass is 9.90.